The molecule has 4 aliphatic rings. The first-order valence-corrected chi connectivity index (χ1v) is 7.74. The van der Waals surface area contributed by atoms with Crippen LogP contribution in [0.3, 0.4) is 0 Å². The first-order chi connectivity index (χ1) is 10.2. The Bertz CT molecular complexity index is 828. The second-order valence-corrected chi connectivity index (χ2v) is 6.70. The van der Waals surface area contributed by atoms with Crippen LogP contribution in [0.15, 0.2) is 36.4 Å². The Labute approximate surface area is 128 Å². The Hall–Kier alpha value is -1.80. The number of fused-ring (bicyclic) bond motifs is 1. The van der Waals surface area contributed by atoms with Crippen molar-refractivity contribution in [1.29, 1.82) is 0 Å². The summed E-state index contributed by atoms with van der Waals surface area (Å²) in [6.07, 6.45) is 2.10. The van der Waals surface area contributed by atoms with Crippen molar-refractivity contribution in [2.24, 2.45) is 0 Å². The lowest BCUT2D eigenvalue weighted by Crippen LogP contribution is -2.48. The monoisotopic (exact) mass is 295 g/mol. The molecule has 2 aromatic rings. The van der Waals surface area contributed by atoms with Gasteiger partial charge in [-0.15, -0.1) is 0 Å². The summed E-state index contributed by atoms with van der Waals surface area (Å²) in [5.41, 5.74) is 5.60. The Morgan fingerprint density at radius 2 is 2.00 bits per heavy atom. The molecule has 3 aliphatic carbocycles. The van der Waals surface area contributed by atoms with Crippen molar-refractivity contribution in [3.05, 3.63) is 69.2 Å². The zero-order valence-electron chi connectivity index (χ0n) is 11.7. The molecule has 2 unspecified atom stereocenters. The van der Waals surface area contributed by atoms with E-state index in [0.29, 0.717) is 10.9 Å². The van der Waals surface area contributed by atoms with Crippen LogP contribution in [-0.2, 0) is 5.54 Å². The molecule has 0 radical (unpaired) electrons. The number of halogens is 1. The van der Waals surface area contributed by atoms with Crippen LogP contribution >= 0.6 is 11.6 Å². The molecule has 0 fully saturated rings. The highest BCUT2D eigenvalue weighted by Gasteiger charge is 2.58. The van der Waals surface area contributed by atoms with Crippen LogP contribution < -0.4 is 0 Å². The van der Waals surface area contributed by atoms with Gasteiger partial charge < -0.3 is 4.90 Å². The van der Waals surface area contributed by atoms with Gasteiger partial charge in [-0.1, -0.05) is 41.9 Å². The lowest BCUT2D eigenvalue weighted by atomic mass is 9.59. The number of carbonyl (C=O) groups is 1. The lowest BCUT2D eigenvalue weighted by molar-refractivity contribution is 0.0650. The van der Waals surface area contributed by atoms with E-state index < -0.39 is 0 Å². The number of carbonyl (C=O) groups excluding carboxylic acids is 1. The average Bonchev–Trinajstić information content (AvgIpc) is 2.75. The molecule has 21 heavy (non-hydrogen) atoms. The van der Waals surface area contributed by atoms with Gasteiger partial charge in [0.05, 0.1) is 16.1 Å². The maximum absolute atomic E-state index is 12.8. The molecule has 0 saturated heterocycles. The van der Waals surface area contributed by atoms with Gasteiger partial charge in [0.25, 0.3) is 5.91 Å². The van der Waals surface area contributed by atoms with E-state index in [4.69, 9.17) is 11.6 Å². The standard InChI is InChI=1S/C18H14ClNO/c1-20-17(21)15-14(19)7-6-12-10-8-9-18(20,16(12)15)13-5-3-2-4-11(10)13/h2-7,10H,8-9H2,1H3. The van der Waals surface area contributed by atoms with E-state index in [-0.39, 0.29) is 11.4 Å². The van der Waals surface area contributed by atoms with E-state index in [1.165, 1.54) is 22.3 Å². The Morgan fingerprint density at radius 3 is 2.86 bits per heavy atom. The molecule has 0 N–H and O–H groups in total. The second-order valence-electron chi connectivity index (χ2n) is 6.29. The summed E-state index contributed by atoms with van der Waals surface area (Å²) < 4.78 is 0. The number of hydrogen-bond acceptors (Lipinski definition) is 1. The lowest BCUT2D eigenvalue weighted by Gasteiger charge is -2.50. The third-order valence-electron chi connectivity index (χ3n) is 5.64. The van der Waals surface area contributed by atoms with Crippen molar-refractivity contribution in [3.63, 3.8) is 0 Å². The minimum Gasteiger partial charge on any atom is -0.328 e. The highest BCUT2D eigenvalue weighted by atomic mass is 35.5. The van der Waals surface area contributed by atoms with Crippen LogP contribution in [-0.4, -0.2) is 17.9 Å². The largest absolute Gasteiger partial charge is 0.328 e. The quantitative estimate of drug-likeness (QED) is 0.721. The van der Waals surface area contributed by atoms with Crippen LogP contribution in [0.5, 0.6) is 0 Å². The normalized spacial score (nSPS) is 27.8. The van der Waals surface area contributed by atoms with Gasteiger partial charge in [-0.2, -0.15) is 0 Å². The Kier molecular flexibility index (Phi) is 1.97. The topological polar surface area (TPSA) is 20.3 Å². The third kappa shape index (κ3) is 1.09. The van der Waals surface area contributed by atoms with Gasteiger partial charge in [0.1, 0.15) is 0 Å². The van der Waals surface area contributed by atoms with Gasteiger partial charge in [0, 0.05) is 18.5 Å². The van der Waals surface area contributed by atoms with Gasteiger partial charge in [0.2, 0.25) is 0 Å². The van der Waals surface area contributed by atoms with Gasteiger partial charge in [0.15, 0.2) is 0 Å². The van der Waals surface area contributed by atoms with E-state index in [0.717, 1.165) is 18.4 Å². The molecule has 0 aromatic heterocycles. The zero-order valence-corrected chi connectivity index (χ0v) is 12.4. The zero-order chi connectivity index (χ0) is 14.4. The van der Waals surface area contributed by atoms with Crippen molar-refractivity contribution in [3.8, 4) is 0 Å². The molecule has 1 amide bonds. The van der Waals surface area contributed by atoms with Crippen LogP contribution in [0.25, 0.3) is 0 Å². The molecular weight excluding hydrogens is 282 g/mol. The molecule has 2 atom stereocenters. The van der Waals surface area contributed by atoms with Crippen molar-refractivity contribution in [2.75, 3.05) is 7.05 Å². The number of hydrogen-bond donors (Lipinski definition) is 0. The summed E-state index contributed by atoms with van der Waals surface area (Å²) >= 11 is 6.36. The molecule has 3 heteroatoms. The van der Waals surface area contributed by atoms with E-state index in [1.54, 1.807) is 0 Å². The van der Waals surface area contributed by atoms with Crippen LogP contribution in [0.1, 0.15) is 51.4 Å². The molecule has 1 aliphatic heterocycles. The summed E-state index contributed by atoms with van der Waals surface area (Å²) in [5, 5.41) is 0.590. The number of amides is 1. The highest BCUT2D eigenvalue weighted by Crippen LogP contribution is 2.61. The van der Waals surface area contributed by atoms with Crippen LogP contribution in [0.2, 0.25) is 5.02 Å². The number of benzene rings is 2. The molecule has 0 saturated carbocycles. The fraction of sp³-hybridized carbons (Fsp3) is 0.278. The second kappa shape index (κ2) is 3.50. The minimum atomic E-state index is -0.294. The summed E-state index contributed by atoms with van der Waals surface area (Å²) in [4.78, 5) is 14.7. The number of rotatable bonds is 0. The predicted octanol–water partition coefficient (Wildman–Crippen LogP) is 3.91. The Morgan fingerprint density at radius 1 is 1.19 bits per heavy atom. The molecule has 6 rings (SSSR count). The first-order valence-electron chi connectivity index (χ1n) is 7.36. The van der Waals surface area contributed by atoms with E-state index >= 15 is 0 Å². The third-order valence-corrected chi connectivity index (χ3v) is 5.96. The molecule has 2 bridgehead atoms. The van der Waals surface area contributed by atoms with Crippen molar-refractivity contribution in [1.82, 2.24) is 4.90 Å². The summed E-state index contributed by atoms with van der Waals surface area (Å²) in [6.45, 7) is 0. The van der Waals surface area contributed by atoms with Crippen LogP contribution in [0, 0.1) is 0 Å². The molecule has 104 valence electrons. The first kappa shape index (κ1) is 11.8. The fourth-order valence-electron chi connectivity index (χ4n) is 4.80. The molecule has 1 spiro atoms. The van der Waals surface area contributed by atoms with E-state index in [9.17, 15) is 4.79 Å². The summed E-state index contributed by atoms with van der Waals surface area (Å²) in [5.74, 6) is 0.475. The van der Waals surface area contributed by atoms with Crippen molar-refractivity contribution >= 4 is 17.5 Å². The molecular formula is C18H14ClNO. The van der Waals surface area contributed by atoms with Crippen molar-refractivity contribution < 1.29 is 4.79 Å². The van der Waals surface area contributed by atoms with Crippen LogP contribution in [0.4, 0.5) is 0 Å². The summed E-state index contributed by atoms with van der Waals surface area (Å²) in [6, 6.07) is 12.6. The van der Waals surface area contributed by atoms with Gasteiger partial charge in [-0.25, -0.2) is 0 Å². The predicted molar refractivity (Wildman–Crippen MR) is 81.8 cm³/mol. The highest BCUT2D eigenvalue weighted by molar-refractivity contribution is 6.34. The maximum Gasteiger partial charge on any atom is 0.256 e. The van der Waals surface area contributed by atoms with Crippen molar-refractivity contribution in [2.45, 2.75) is 24.3 Å². The van der Waals surface area contributed by atoms with Gasteiger partial charge in [-0.3, -0.25) is 4.79 Å². The fourth-order valence-corrected chi connectivity index (χ4v) is 5.04. The smallest absolute Gasteiger partial charge is 0.256 e. The molecule has 1 heterocycles. The van der Waals surface area contributed by atoms with E-state index in [1.807, 2.05) is 18.0 Å². The average molecular weight is 296 g/mol. The van der Waals surface area contributed by atoms with E-state index in [2.05, 4.69) is 30.3 Å². The van der Waals surface area contributed by atoms with Gasteiger partial charge in [-0.05, 0) is 35.6 Å². The number of nitrogens with zero attached hydrogens (tertiary/aromatic N) is 1. The SMILES string of the molecule is CN1C(=O)c2c(Cl)ccc3c2C12CCC3c1ccccc12. The summed E-state index contributed by atoms with van der Waals surface area (Å²) in [7, 11) is 1.92. The molecule has 2 nitrogen and oxygen atoms in total. The Balaban J connectivity index is 1.99. The van der Waals surface area contributed by atoms with Gasteiger partial charge >= 0.3 is 0 Å². The molecule has 2 aromatic carbocycles. The minimum absolute atomic E-state index is 0.0641. The maximum atomic E-state index is 12.8.